The van der Waals surface area contributed by atoms with E-state index in [-0.39, 0.29) is 33.8 Å². The lowest BCUT2D eigenvalue weighted by Crippen LogP contribution is -2.61. The number of rotatable bonds is 2. The summed E-state index contributed by atoms with van der Waals surface area (Å²) >= 11 is 0. The highest BCUT2D eigenvalue weighted by atomic mass is 16.3. The highest BCUT2D eigenvalue weighted by molar-refractivity contribution is 7.00. The Morgan fingerprint density at radius 3 is 1.30 bits per heavy atom. The number of hydrogen-bond acceptors (Lipinski definition) is 3. The third-order valence-electron chi connectivity index (χ3n) is 12.2. The van der Waals surface area contributed by atoms with Gasteiger partial charge in [0.1, 0.15) is 11.3 Å². The van der Waals surface area contributed by atoms with Crippen LogP contribution in [0.3, 0.4) is 0 Å². The Morgan fingerprint density at radius 1 is 0.393 bits per heavy atom. The van der Waals surface area contributed by atoms with E-state index in [4.69, 9.17) is 4.42 Å². The highest BCUT2D eigenvalue weighted by Crippen LogP contribution is 2.48. The zero-order chi connectivity index (χ0) is 40.5. The second-order valence-electron chi connectivity index (χ2n) is 21.7. The SMILES string of the molecule is CC(C)(C)c1ccc(N2c3ccc(C(C)(C)C)cc3B3c4cc5oc(C(C)(C)C)cc5cc4N(c4ccc(C(C)(C)C)cc4)c4cc(C(C)(C)C)cc2c43)cc1. The van der Waals surface area contributed by atoms with Crippen LogP contribution in [-0.4, -0.2) is 6.71 Å². The van der Waals surface area contributed by atoms with Crippen molar-refractivity contribution in [2.75, 3.05) is 9.80 Å². The smallest absolute Gasteiger partial charge is 0.252 e. The minimum absolute atomic E-state index is 0.00380. The molecule has 0 N–H and O–H groups in total. The van der Waals surface area contributed by atoms with Gasteiger partial charge in [0.2, 0.25) is 0 Å². The molecule has 0 amide bonds. The molecule has 0 saturated carbocycles. The molecule has 0 bridgehead atoms. The first-order chi connectivity index (χ1) is 25.9. The van der Waals surface area contributed by atoms with Crippen LogP contribution in [-0.2, 0) is 27.1 Å². The molecule has 3 heterocycles. The number of anilines is 6. The van der Waals surface area contributed by atoms with E-state index in [0.717, 1.165) is 16.7 Å². The van der Waals surface area contributed by atoms with Gasteiger partial charge in [-0.3, -0.25) is 0 Å². The lowest BCUT2D eigenvalue weighted by Gasteiger charge is -2.45. The Labute approximate surface area is 337 Å². The fourth-order valence-corrected chi connectivity index (χ4v) is 8.58. The van der Waals surface area contributed by atoms with Gasteiger partial charge in [-0.1, -0.05) is 140 Å². The van der Waals surface area contributed by atoms with E-state index in [9.17, 15) is 0 Å². The van der Waals surface area contributed by atoms with Crippen LogP contribution in [0.5, 0.6) is 0 Å². The van der Waals surface area contributed by atoms with E-state index < -0.39 is 0 Å². The molecule has 0 spiro atoms. The van der Waals surface area contributed by atoms with Gasteiger partial charge in [-0.25, -0.2) is 0 Å². The number of hydrogen-bond donors (Lipinski definition) is 0. The van der Waals surface area contributed by atoms with Crippen molar-refractivity contribution in [1.82, 2.24) is 0 Å². The lowest BCUT2D eigenvalue weighted by molar-refractivity contribution is 0.430. The van der Waals surface area contributed by atoms with E-state index in [1.165, 1.54) is 72.8 Å². The Kier molecular flexibility index (Phi) is 8.46. The van der Waals surface area contributed by atoms with Crippen LogP contribution in [0.25, 0.3) is 11.0 Å². The van der Waals surface area contributed by atoms with Gasteiger partial charge in [-0.15, -0.1) is 0 Å². The minimum atomic E-state index is -0.109. The lowest BCUT2D eigenvalue weighted by atomic mass is 9.33. The first-order valence-electron chi connectivity index (χ1n) is 20.6. The van der Waals surface area contributed by atoms with Crippen LogP contribution in [0.4, 0.5) is 34.1 Å². The van der Waals surface area contributed by atoms with Crippen molar-refractivity contribution >= 4 is 68.2 Å². The maximum Gasteiger partial charge on any atom is 0.252 e. The average molecular weight is 741 g/mol. The van der Waals surface area contributed by atoms with E-state index in [1.807, 2.05) is 0 Å². The summed E-state index contributed by atoms with van der Waals surface area (Å²) in [5.41, 5.74) is 17.4. The molecule has 3 nitrogen and oxygen atoms in total. The summed E-state index contributed by atoms with van der Waals surface area (Å²) in [6.45, 7) is 34.5. The van der Waals surface area contributed by atoms with E-state index >= 15 is 0 Å². The molecule has 6 aromatic rings. The van der Waals surface area contributed by atoms with Gasteiger partial charge in [-0.05, 0) is 121 Å². The molecule has 0 atom stereocenters. The second-order valence-corrected chi connectivity index (χ2v) is 21.7. The highest BCUT2D eigenvalue weighted by Gasteiger charge is 2.45. The zero-order valence-corrected chi connectivity index (χ0v) is 36.6. The molecule has 8 rings (SSSR count). The second kappa shape index (κ2) is 12.4. The van der Waals surface area contributed by atoms with Crippen molar-refractivity contribution in [3.05, 3.63) is 125 Å². The molecule has 4 heteroatoms. The standard InChI is InChI=1S/C52H61BN2O/c1-48(2,3)33-16-21-37(22-17-33)54-41-25-20-35(50(7,8)9)28-39(41)53-40-31-45-32(27-46(56-45)52(13,14)15)26-42(40)55(38-23-18-34(19-24-38)49(4,5)6)44-30-36(51(10,11)12)29-43(54)47(44)53/h16-31H,1-15H3. The Balaban J connectivity index is 1.50. The summed E-state index contributed by atoms with van der Waals surface area (Å²) in [5.74, 6) is 1.01. The molecule has 0 unspecified atom stereocenters. The average Bonchev–Trinajstić information content (AvgIpc) is 3.53. The van der Waals surface area contributed by atoms with Gasteiger partial charge in [0, 0.05) is 44.9 Å². The summed E-state index contributed by atoms with van der Waals surface area (Å²) in [4.78, 5) is 5.10. The molecule has 5 aromatic carbocycles. The van der Waals surface area contributed by atoms with Crippen molar-refractivity contribution in [3.8, 4) is 0 Å². The van der Waals surface area contributed by atoms with Gasteiger partial charge in [-0.2, -0.15) is 0 Å². The van der Waals surface area contributed by atoms with Crippen LogP contribution in [0.15, 0.2) is 101 Å². The van der Waals surface area contributed by atoms with Crippen LogP contribution in [0.2, 0.25) is 0 Å². The Morgan fingerprint density at radius 2 is 0.839 bits per heavy atom. The predicted octanol–water partition coefficient (Wildman–Crippen LogP) is 13.0. The van der Waals surface area contributed by atoms with Crippen LogP contribution >= 0.6 is 0 Å². The van der Waals surface area contributed by atoms with Crippen molar-refractivity contribution < 1.29 is 4.42 Å². The van der Waals surface area contributed by atoms with Crippen LogP contribution in [0, 0.1) is 0 Å². The quantitative estimate of drug-likeness (QED) is 0.165. The summed E-state index contributed by atoms with van der Waals surface area (Å²) < 4.78 is 6.75. The van der Waals surface area contributed by atoms with Gasteiger partial charge >= 0.3 is 0 Å². The third-order valence-corrected chi connectivity index (χ3v) is 12.2. The number of nitrogens with zero attached hydrogens (tertiary/aromatic N) is 2. The van der Waals surface area contributed by atoms with Crippen LogP contribution < -0.4 is 26.2 Å². The molecule has 2 aliphatic heterocycles. The van der Waals surface area contributed by atoms with E-state index in [1.54, 1.807) is 0 Å². The van der Waals surface area contributed by atoms with Crippen molar-refractivity contribution in [1.29, 1.82) is 0 Å². The van der Waals surface area contributed by atoms with Gasteiger partial charge in [0.15, 0.2) is 0 Å². The Bertz CT molecular complexity index is 2480. The largest absolute Gasteiger partial charge is 0.461 e. The number of fused-ring (bicyclic) bond motifs is 5. The fourth-order valence-electron chi connectivity index (χ4n) is 8.58. The fraction of sp³-hybridized carbons (Fsp3) is 0.385. The molecular weight excluding hydrogens is 679 g/mol. The molecule has 56 heavy (non-hydrogen) atoms. The zero-order valence-electron chi connectivity index (χ0n) is 36.6. The van der Waals surface area contributed by atoms with Gasteiger partial charge in [0.25, 0.3) is 6.71 Å². The first-order valence-corrected chi connectivity index (χ1v) is 20.6. The van der Waals surface area contributed by atoms with Crippen molar-refractivity contribution in [2.45, 2.75) is 131 Å². The maximum atomic E-state index is 6.75. The van der Waals surface area contributed by atoms with E-state index in [0.29, 0.717) is 0 Å². The van der Waals surface area contributed by atoms with Crippen molar-refractivity contribution in [3.63, 3.8) is 0 Å². The molecule has 0 aliphatic carbocycles. The normalized spacial score (nSPS) is 14.6. The molecule has 0 fully saturated rings. The minimum Gasteiger partial charge on any atom is -0.461 e. The molecule has 288 valence electrons. The summed E-state index contributed by atoms with van der Waals surface area (Å²) in [5, 5.41) is 1.14. The first kappa shape index (κ1) is 38.2. The Hall–Kier alpha value is -4.70. The maximum absolute atomic E-state index is 6.75. The van der Waals surface area contributed by atoms with Crippen molar-refractivity contribution in [2.24, 2.45) is 0 Å². The monoisotopic (exact) mass is 740 g/mol. The van der Waals surface area contributed by atoms with Gasteiger partial charge in [0.05, 0.1) is 0 Å². The summed E-state index contributed by atoms with van der Waals surface area (Å²) in [6.07, 6.45) is 0. The molecule has 1 aromatic heterocycles. The number of furan rings is 1. The molecule has 2 aliphatic rings. The van der Waals surface area contributed by atoms with E-state index in [2.05, 4.69) is 211 Å². The molecule has 0 saturated heterocycles. The summed E-state index contributed by atoms with van der Waals surface area (Å²) in [7, 11) is 0. The predicted molar refractivity (Wildman–Crippen MR) is 244 cm³/mol. The van der Waals surface area contributed by atoms with Crippen LogP contribution in [0.1, 0.15) is 132 Å². The summed E-state index contributed by atoms with van der Waals surface area (Å²) in [6, 6.07) is 37.9. The number of benzene rings is 5. The van der Waals surface area contributed by atoms with Gasteiger partial charge < -0.3 is 14.2 Å². The topological polar surface area (TPSA) is 19.6 Å². The molecular formula is C52H61BN2O. The molecule has 0 radical (unpaired) electrons. The third kappa shape index (κ3) is 6.38.